The first kappa shape index (κ1) is 33.3. The van der Waals surface area contributed by atoms with Gasteiger partial charge in [0.05, 0.1) is 5.69 Å². The molecule has 0 aliphatic carbocycles. The zero-order chi connectivity index (χ0) is 30.0. The van der Waals surface area contributed by atoms with Gasteiger partial charge in [0.15, 0.2) is 0 Å². The zero-order valence-electron chi connectivity index (χ0n) is 21.7. The monoisotopic (exact) mass is 585 g/mol. The molecule has 1 amide bonds. The number of aliphatic carboxylic acids is 2. The summed E-state index contributed by atoms with van der Waals surface area (Å²) in [5.41, 5.74) is 1.63. The summed E-state index contributed by atoms with van der Waals surface area (Å²) in [6.07, 6.45) is -1.59. The van der Waals surface area contributed by atoms with Crippen molar-refractivity contribution >= 4 is 17.8 Å². The van der Waals surface area contributed by atoms with Gasteiger partial charge in [-0.05, 0) is 69.2 Å². The topological polar surface area (TPSA) is 120 Å². The highest BCUT2D eigenvalue weighted by molar-refractivity contribution is 5.79. The smallest absolute Gasteiger partial charge is 0.475 e. The molecule has 0 unspecified atom stereocenters. The van der Waals surface area contributed by atoms with Crippen LogP contribution in [0.25, 0.3) is 0 Å². The highest BCUT2D eigenvalue weighted by Crippen LogP contribution is 2.42. The van der Waals surface area contributed by atoms with Gasteiger partial charge in [0.1, 0.15) is 0 Å². The van der Waals surface area contributed by atoms with Crippen LogP contribution in [0.15, 0.2) is 24.4 Å². The number of carbonyl (C=O) groups is 3. The second-order valence-electron chi connectivity index (χ2n) is 9.91. The Morgan fingerprint density at radius 2 is 1.35 bits per heavy atom. The first-order chi connectivity index (χ1) is 18.6. The number of ether oxygens (including phenoxy) is 1. The molecule has 15 heteroatoms. The van der Waals surface area contributed by atoms with Crippen LogP contribution in [-0.2, 0) is 25.7 Å². The van der Waals surface area contributed by atoms with E-state index in [1.54, 1.807) is 0 Å². The molecule has 40 heavy (non-hydrogen) atoms. The predicted octanol–water partition coefficient (Wildman–Crippen LogP) is 3.98. The number of piperidine rings is 2. The maximum atomic E-state index is 12.7. The summed E-state index contributed by atoms with van der Waals surface area (Å²) in [4.78, 5) is 39.7. The first-order valence-electron chi connectivity index (χ1n) is 12.7. The fourth-order valence-electron chi connectivity index (χ4n) is 4.81. The number of amides is 1. The number of aromatic nitrogens is 1. The molecule has 0 saturated carbocycles. The largest absolute Gasteiger partial charge is 0.490 e. The molecule has 0 aromatic carbocycles. The van der Waals surface area contributed by atoms with Crippen LogP contribution < -0.4 is 0 Å². The van der Waals surface area contributed by atoms with Crippen LogP contribution in [0, 0.1) is 11.3 Å². The average molecular weight is 586 g/mol. The van der Waals surface area contributed by atoms with Crippen molar-refractivity contribution < 1.29 is 55.7 Å². The van der Waals surface area contributed by atoms with Gasteiger partial charge in [-0.2, -0.15) is 26.3 Å². The number of pyridine rings is 1. The molecule has 3 aliphatic rings. The van der Waals surface area contributed by atoms with E-state index in [1.165, 1.54) is 31.4 Å². The summed E-state index contributed by atoms with van der Waals surface area (Å²) >= 11 is 0. The van der Waals surface area contributed by atoms with Gasteiger partial charge in [-0.1, -0.05) is 6.07 Å². The Kier molecular flexibility index (Phi) is 12.2. The number of nitrogens with zero attached hydrogens (tertiary/aromatic N) is 3. The molecule has 4 rings (SSSR count). The summed E-state index contributed by atoms with van der Waals surface area (Å²) < 4.78 is 68.9. The summed E-state index contributed by atoms with van der Waals surface area (Å²) in [5, 5.41) is 14.2. The van der Waals surface area contributed by atoms with Gasteiger partial charge in [0, 0.05) is 45.0 Å². The summed E-state index contributed by atoms with van der Waals surface area (Å²) in [6, 6.07) is 6.16. The Bertz CT molecular complexity index is 928. The van der Waals surface area contributed by atoms with Gasteiger partial charge in [0.2, 0.25) is 5.91 Å². The van der Waals surface area contributed by atoms with Crippen molar-refractivity contribution in [1.29, 1.82) is 0 Å². The highest BCUT2D eigenvalue weighted by atomic mass is 19.4. The Labute approximate surface area is 227 Å². The van der Waals surface area contributed by atoms with E-state index in [-0.39, 0.29) is 5.92 Å². The normalized spacial score (nSPS) is 20.0. The third-order valence-electron chi connectivity index (χ3n) is 7.22. The number of likely N-dealkylation sites (tertiary alicyclic amines) is 2. The van der Waals surface area contributed by atoms with E-state index in [4.69, 9.17) is 24.5 Å². The highest BCUT2D eigenvalue weighted by Gasteiger charge is 2.40. The minimum absolute atomic E-state index is 0.206. The summed E-state index contributed by atoms with van der Waals surface area (Å²) in [7, 11) is 0. The molecule has 1 spiro atoms. The lowest BCUT2D eigenvalue weighted by atomic mass is 9.71. The Balaban J connectivity index is 0.000000333. The molecule has 2 N–H and O–H groups in total. The number of alkyl halides is 6. The van der Waals surface area contributed by atoms with Crippen molar-refractivity contribution in [2.45, 2.75) is 57.4 Å². The molecule has 0 radical (unpaired) electrons. The third kappa shape index (κ3) is 10.9. The van der Waals surface area contributed by atoms with Gasteiger partial charge < -0.3 is 19.8 Å². The Hall–Kier alpha value is -2.94. The second kappa shape index (κ2) is 14.6. The van der Waals surface area contributed by atoms with Crippen molar-refractivity contribution in [3.8, 4) is 0 Å². The number of halogens is 6. The van der Waals surface area contributed by atoms with Crippen LogP contribution in [0.3, 0.4) is 0 Å². The molecular weight excluding hydrogens is 552 g/mol. The molecule has 1 aromatic heterocycles. The number of carboxylic acid groups (broad SMARTS) is 2. The van der Waals surface area contributed by atoms with Crippen LogP contribution in [0.1, 0.15) is 44.2 Å². The van der Waals surface area contributed by atoms with Gasteiger partial charge >= 0.3 is 24.3 Å². The maximum Gasteiger partial charge on any atom is 0.490 e. The van der Waals surface area contributed by atoms with E-state index in [2.05, 4.69) is 26.9 Å². The molecular formula is C25H33F6N3O6. The minimum Gasteiger partial charge on any atom is -0.475 e. The fourth-order valence-corrected chi connectivity index (χ4v) is 4.81. The van der Waals surface area contributed by atoms with Gasteiger partial charge in [-0.3, -0.25) is 14.7 Å². The summed E-state index contributed by atoms with van der Waals surface area (Å²) in [5.74, 6) is -4.92. The number of carboxylic acids is 2. The van der Waals surface area contributed by atoms with Crippen molar-refractivity contribution in [1.82, 2.24) is 14.8 Å². The summed E-state index contributed by atoms with van der Waals surface area (Å²) in [6.45, 7) is 6.69. The molecule has 9 nitrogen and oxygen atoms in total. The molecule has 226 valence electrons. The maximum absolute atomic E-state index is 12.7. The molecule has 3 fully saturated rings. The lowest BCUT2D eigenvalue weighted by Gasteiger charge is -2.47. The van der Waals surface area contributed by atoms with Crippen molar-refractivity contribution in [3.05, 3.63) is 30.1 Å². The van der Waals surface area contributed by atoms with E-state index in [9.17, 15) is 31.1 Å². The lowest BCUT2D eigenvalue weighted by Crippen LogP contribution is -2.49. The van der Waals surface area contributed by atoms with Crippen molar-refractivity contribution in [2.24, 2.45) is 11.3 Å². The van der Waals surface area contributed by atoms with Gasteiger partial charge in [0.25, 0.3) is 0 Å². The average Bonchev–Trinajstić information content (AvgIpc) is 2.91. The van der Waals surface area contributed by atoms with Crippen molar-refractivity contribution in [2.75, 3.05) is 39.4 Å². The third-order valence-corrected chi connectivity index (χ3v) is 7.22. The van der Waals surface area contributed by atoms with Crippen LogP contribution in [0.4, 0.5) is 26.3 Å². The predicted molar refractivity (Wildman–Crippen MR) is 128 cm³/mol. The van der Waals surface area contributed by atoms with Crippen LogP contribution in [-0.4, -0.2) is 94.6 Å². The Morgan fingerprint density at radius 1 is 0.875 bits per heavy atom. The van der Waals surface area contributed by atoms with E-state index in [1.807, 2.05) is 12.3 Å². The van der Waals surface area contributed by atoms with E-state index in [0.717, 1.165) is 58.8 Å². The van der Waals surface area contributed by atoms with Gasteiger partial charge in [-0.15, -0.1) is 0 Å². The molecule has 1 aromatic rings. The van der Waals surface area contributed by atoms with E-state index < -0.39 is 24.3 Å². The van der Waals surface area contributed by atoms with E-state index >= 15 is 0 Å². The molecule has 4 heterocycles. The second-order valence-corrected chi connectivity index (χ2v) is 9.91. The SMILES string of the molecule is O=C(C1CCOCC1)N1CCC2(CCN(Cc3ccccn3)CC2)CC1.O=C(O)C(F)(F)F.O=C(O)C(F)(F)F. The van der Waals surface area contributed by atoms with Gasteiger partial charge in [-0.25, -0.2) is 9.59 Å². The Morgan fingerprint density at radius 3 is 1.77 bits per heavy atom. The number of hydrogen-bond donors (Lipinski definition) is 2. The lowest BCUT2D eigenvalue weighted by molar-refractivity contribution is -0.193. The number of rotatable bonds is 3. The standard InChI is InChI=1S/C21H31N3O2.2C2HF3O2/c25-20(18-4-15-26-16-5-18)24-13-8-21(9-14-24)6-11-23(12-7-21)17-19-3-1-2-10-22-19;2*3-2(4,5)1(6)7/h1-3,10,18H,4-9,11-17H2;2*(H,6,7). The molecule has 3 aliphatic heterocycles. The molecule has 0 atom stereocenters. The number of hydrogen-bond acceptors (Lipinski definition) is 6. The quantitative estimate of drug-likeness (QED) is 0.512. The van der Waals surface area contributed by atoms with Crippen LogP contribution >= 0.6 is 0 Å². The molecule has 3 saturated heterocycles. The zero-order valence-corrected chi connectivity index (χ0v) is 21.7. The first-order valence-corrected chi connectivity index (χ1v) is 12.7. The fraction of sp³-hybridized carbons (Fsp3) is 0.680. The van der Waals surface area contributed by atoms with Crippen LogP contribution in [0.2, 0.25) is 0 Å². The van der Waals surface area contributed by atoms with E-state index in [0.29, 0.717) is 11.3 Å². The minimum atomic E-state index is -5.08. The number of carbonyl (C=O) groups excluding carboxylic acids is 1. The van der Waals surface area contributed by atoms with Crippen LogP contribution in [0.5, 0.6) is 0 Å². The molecule has 0 bridgehead atoms. The van der Waals surface area contributed by atoms with Crippen molar-refractivity contribution in [3.63, 3.8) is 0 Å².